The molecule has 0 heterocycles. The molecule has 0 saturated heterocycles. The number of sulfonamides is 1. The Bertz CT molecular complexity index is 614. The van der Waals surface area contributed by atoms with Gasteiger partial charge in [-0.05, 0) is 24.6 Å². The van der Waals surface area contributed by atoms with Crippen molar-refractivity contribution in [3.05, 3.63) is 23.8 Å². The maximum atomic E-state index is 12.3. The summed E-state index contributed by atoms with van der Waals surface area (Å²) in [6.07, 6.45) is 0.682. The van der Waals surface area contributed by atoms with E-state index in [1.165, 1.54) is 39.4 Å². The third-order valence-corrected chi connectivity index (χ3v) is 4.83. The lowest BCUT2D eigenvalue weighted by molar-refractivity contribution is 0.0948. The van der Waals surface area contributed by atoms with Crippen LogP contribution < -0.4 is 10.1 Å². The summed E-state index contributed by atoms with van der Waals surface area (Å²) >= 11 is 0. The number of hydrogen-bond acceptors (Lipinski definition) is 5. The van der Waals surface area contributed by atoms with Crippen LogP contribution in [0.15, 0.2) is 23.1 Å². The minimum atomic E-state index is -3.70. The third-order valence-electron chi connectivity index (χ3n) is 3.00. The molecule has 1 aromatic carbocycles. The highest BCUT2D eigenvalue weighted by molar-refractivity contribution is 7.89. The van der Waals surface area contributed by atoms with E-state index in [-0.39, 0.29) is 22.1 Å². The molecule has 1 rings (SSSR count). The number of methoxy groups -OCH3 is 2. The molecule has 0 spiro atoms. The van der Waals surface area contributed by atoms with Crippen LogP contribution in [0.4, 0.5) is 0 Å². The van der Waals surface area contributed by atoms with Crippen molar-refractivity contribution in [1.82, 2.24) is 9.62 Å². The van der Waals surface area contributed by atoms with E-state index in [2.05, 4.69) is 5.32 Å². The molecule has 1 N–H and O–H groups in total. The number of rotatable bonds is 8. The number of nitrogens with zero attached hydrogens (tertiary/aromatic N) is 1. The van der Waals surface area contributed by atoms with Crippen LogP contribution in [-0.2, 0) is 14.8 Å². The number of ether oxygens (including phenoxy) is 2. The fourth-order valence-corrected chi connectivity index (χ4v) is 2.81. The molecule has 1 amide bonds. The van der Waals surface area contributed by atoms with Crippen molar-refractivity contribution in [3.63, 3.8) is 0 Å². The number of hydrogen-bond donors (Lipinski definition) is 1. The summed E-state index contributed by atoms with van der Waals surface area (Å²) in [5.41, 5.74) is 0.263. The Balaban J connectivity index is 3.03. The highest BCUT2D eigenvalue weighted by Gasteiger charge is 2.23. The molecule has 8 heteroatoms. The number of nitrogens with one attached hydrogen (secondary N) is 1. The van der Waals surface area contributed by atoms with Crippen molar-refractivity contribution < 1.29 is 22.7 Å². The fraction of sp³-hybridized carbons (Fsp3) is 0.500. The lowest BCUT2D eigenvalue weighted by Gasteiger charge is -2.15. The van der Waals surface area contributed by atoms with Gasteiger partial charge in [-0.2, -0.15) is 0 Å². The number of carbonyl (C=O) groups excluding carboxylic acids is 1. The molecule has 0 aromatic heterocycles. The Hall–Kier alpha value is -1.64. The van der Waals surface area contributed by atoms with E-state index >= 15 is 0 Å². The van der Waals surface area contributed by atoms with E-state index in [4.69, 9.17) is 9.47 Å². The van der Waals surface area contributed by atoms with E-state index in [9.17, 15) is 13.2 Å². The van der Waals surface area contributed by atoms with Crippen LogP contribution in [0.1, 0.15) is 16.8 Å². The Labute approximate surface area is 131 Å². The lowest BCUT2D eigenvalue weighted by atomic mass is 10.2. The normalized spacial score (nSPS) is 11.5. The Kier molecular flexibility index (Phi) is 6.79. The Morgan fingerprint density at radius 3 is 2.50 bits per heavy atom. The molecule has 124 valence electrons. The van der Waals surface area contributed by atoms with Crippen LogP contribution in [0.3, 0.4) is 0 Å². The highest BCUT2D eigenvalue weighted by atomic mass is 32.2. The quantitative estimate of drug-likeness (QED) is 0.710. The molecule has 1 aromatic rings. The van der Waals surface area contributed by atoms with Gasteiger partial charge in [-0.3, -0.25) is 4.79 Å². The van der Waals surface area contributed by atoms with Crippen molar-refractivity contribution in [2.24, 2.45) is 0 Å². The van der Waals surface area contributed by atoms with E-state index < -0.39 is 10.0 Å². The number of benzene rings is 1. The summed E-state index contributed by atoms with van der Waals surface area (Å²) in [5, 5.41) is 2.71. The fourth-order valence-electron chi connectivity index (χ4n) is 1.74. The molecule has 0 aliphatic rings. The summed E-state index contributed by atoms with van der Waals surface area (Å²) in [5.74, 6) is -0.140. The monoisotopic (exact) mass is 330 g/mol. The van der Waals surface area contributed by atoms with Gasteiger partial charge >= 0.3 is 0 Å². The second kappa shape index (κ2) is 8.11. The van der Waals surface area contributed by atoms with Crippen LogP contribution in [0.5, 0.6) is 5.75 Å². The molecule has 0 unspecified atom stereocenters. The van der Waals surface area contributed by atoms with Gasteiger partial charge in [0.25, 0.3) is 5.91 Å². The van der Waals surface area contributed by atoms with Crippen LogP contribution >= 0.6 is 0 Å². The van der Waals surface area contributed by atoms with E-state index in [0.717, 1.165) is 4.31 Å². The predicted octanol–water partition coefficient (Wildman–Crippen LogP) is 0.712. The first-order valence-electron chi connectivity index (χ1n) is 6.72. The third kappa shape index (κ3) is 4.43. The van der Waals surface area contributed by atoms with Crippen LogP contribution in [0.25, 0.3) is 0 Å². The summed E-state index contributed by atoms with van der Waals surface area (Å²) in [6, 6.07) is 4.32. The molecule has 0 bridgehead atoms. The minimum absolute atomic E-state index is 0.0375. The summed E-state index contributed by atoms with van der Waals surface area (Å²) < 4.78 is 35.6. The average Bonchev–Trinajstić information content (AvgIpc) is 2.50. The Morgan fingerprint density at radius 2 is 1.95 bits per heavy atom. The minimum Gasteiger partial charge on any atom is -0.495 e. The molecule has 22 heavy (non-hydrogen) atoms. The molecule has 0 saturated carbocycles. The zero-order chi connectivity index (χ0) is 16.8. The molecule has 0 fully saturated rings. The molecule has 0 atom stereocenters. The molecular weight excluding hydrogens is 308 g/mol. The molecule has 0 aliphatic heterocycles. The van der Waals surface area contributed by atoms with Gasteiger partial charge < -0.3 is 14.8 Å². The van der Waals surface area contributed by atoms with Crippen molar-refractivity contribution in [3.8, 4) is 5.75 Å². The first kappa shape index (κ1) is 18.4. The van der Waals surface area contributed by atoms with E-state index in [1.807, 2.05) is 0 Å². The lowest BCUT2D eigenvalue weighted by Crippen LogP contribution is -2.26. The van der Waals surface area contributed by atoms with Crippen LogP contribution in [0.2, 0.25) is 0 Å². The summed E-state index contributed by atoms with van der Waals surface area (Å²) in [6.45, 7) is 0.998. The van der Waals surface area contributed by atoms with Crippen molar-refractivity contribution in [1.29, 1.82) is 0 Å². The highest BCUT2D eigenvalue weighted by Crippen LogP contribution is 2.26. The van der Waals surface area contributed by atoms with Gasteiger partial charge in [-0.15, -0.1) is 0 Å². The molecule has 7 nitrogen and oxygen atoms in total. The molecule has 0 radical (unpaired) electrons. The van der Waals surface area contributed by atoms with Gasteiger partial charge in [0.05, 0.1) is 7.11 Å². The molecule has 0 aliphatic carbocycles. The SMILES string of the molecule is COCCCNC(=O)c1ccc(OC)c(S(=O)(=O)N(C)C)c1. The summed E-state index contributed by atoms with van der Waals surface area (Å²) in [7, 11) is 2.12. The standard InChI is InChI=1S/C14H22N2O5S/c1-16(2)22(18,19)13-10-11(6-7-12(13)21-4)14(17)15-8-5-9-20-3/h6-7,10H,5,8-9H2,1-4H3,(H,15,17). The second-order valence-corrected chi connectivity index (χ2v) is 6.88. The summed E-state index contributed by atoms with van der Waals surface area (Å²) in [4.78, 5) is 12.0. The predicted molar refractivity (Wildman–Crippen MR) is 82.7 cm³/mol. The maximum absolute atomic E-state index is 12.3. The van der Waals surface area contributed by atoms with Gasteiger partial charge in [0, 0.05) is 39.9 Å². The Morgan fingerprint density at radius 1 is 1.27 bits per heavy atom. The maximum Gasteiger partial charge on any atom is 0.251 e. The smallest absolute Gasteiger partial charge is 0.251 e. The topological polar surface area (TPSA) is 84.9 Å². The van der Waals surface area contributed by atoms with Crippen molar-refractivity contribution in [2.45, 2.75) is 11.3 Å². The van der Waals surface area contributed by atoms with Crippen LogP contribution in [0, 0.1) is 0 Å². The van der Waals surface area contributed by atoms with Gasteiger partial charge in [0.2, 0.25) is 10.0 Å². The first-order chi connectivity index (χ1) is 10.3. The van der Waals surface area contributed by atoms with Crippen LogP contribution in [-0.4, -0.2) is 60.1 Å². The first-order valence-corrected chi connectivity index (χ1v) is 8.16. The number of carbonyl (C=O) groups is 1. The van der Waals surface area contributed by atoms with Gasteiger partial charge in [-0.1, -0.05) is 0 Å². The number of amides is 1. The zero-order valence-electron chi connectivity index (χ0n) is 13.3. The average molecular weight is 330 g/mol. The largest absolute Gasteiger partial charge is 0.495 e. The van der Waals surface area contributed by atoms with Gasteiger partial charge in [0.15, 0.2) is 0 Å². The van der Waals surface area contributed by atoms with Gasteiger partial charge in [-0.25, -0.2) is 12.7 Å². The van der Waals surface area contributed by atoms with Crippen molar-refractivity contribution in [2.75, 3.05) is 41.5 Å². The van der Waals surface area contributed by atoms with E-state index in [0.29, 0.717) is 19.6 Å². The van der Waals surface area contributed by atoms with Gasteiger partial charge in [0.1, 0.15) is 10.6 Å². The molecular formula is C14H22N2O5S. The zero-order valence-corrected chi connectivity index (χ0v) is 14.1. The second-order valence-electron chi connectivity index (χ2n) is 4.76. The van der Waals surface area contributed by atoms with Crippen molar-refractivity contribution >= 4 is 15.9 Å². The van der Waals surface area contributed by atoms with E-state index in [1.54, 1.807) is 7.11 Å².